The first kappa shape index (κ1) is 18.9. The molecule has 0 saturated heterocycles. The Morgan fingerprint density at radius 3 is 2.56 bits per heavy atom. The zero-order valence-electron chi connectivity index (χ0n) is 15.5. The van der Waals surface area contributed by atoms with Crippen LogP contribution in [0, 0.1) is 6.92 Å². The molecule has 6 nitrogen and oxygen atoms in total. The number of likely N-dealkylation sites (N-methyl/N-ethyl adjacent to an activating group) is 1. The number of methoxy groups -OCH3 is 2. The summed E-state index contributed by atoms with van der Waals surface area (Å²) in [6, 6.07) is 7.40. The standard InChI is InChI=1S/C19H26N2O4/c1-13-9-17(23-4)18(24-5)10-15(13)11-21(3)12-19(22)20-14(2)16-7-6-8-25-16/h6-10,14H,11-12H2,1-5H3,(H,20,22)/t14-/m0/s1. The van der Waals surface area contributed by atoms with E-state index in [0.717, 1.165) is 16.9 Å². The van der Waals surface area contributed by atoms with Crippen molar-refractivity contribution in [3.63, 3.8) is 0 Å². The Hall–Kier alpha value is -2.47. The van der Waals surface area contributed by atoms with Gasteiger partial charge in [0.25, 0.3) is 0 Å². The summed E-state index contributed by atoms with van der Waals surface area (Å²) in [6.45, 7) is 4.84. The van der Waals surface area contributed by atoms with Crippen LogP contribution >= 0.6 is 0 Å². The van der Waals surface area contributed by atoms with Crippen molar-refractivity contribution in [1.82, 2.24) is 10.2 Å². The summed E-state index contributed by atoms with van der Waals surface area (Å²) >= 11 is 0. The zero-order valence-corrected chi connectivity index (χ0v) is 15.5. The molecule has 0 aliphatic carbocycles. The fourth-order valence-electron chi connectivity index (χ4n) is 2.68. The van der Waals surface area contributed by atoms with Crippen molar-refractivity contribution in [2.75, 3.05) is 27.8 Å². The maximum absolute atomic E-state index is 12.2. The van der Waals surface area contributed by atoms with Crippen molar-refractivity contribution in [3.8, 4) is 11.5 Å². The summed E-state index contributed by atoms with van der Waals surface area (Å²) in [5.74, 6) is 2.08. The van der Waals surface area contributed by atoms with E-state index >= 15 is 0 Å². The maximum atomic E-state index is 12.2. The highest BCUT2D eigenvalue weighted by molar-refractivity contribution is 5.78. The molecule has 0 fully saturated rings. The van der Waals surface area contributed by atoms with Gasteiger partial charge in [0.05, 0.1) is 33.1 Å². The molecule has 0 unspecified atom stereocenters. The Bertz CT molecular complexity index is 698. The van der Waals surface area contributed by atoms with Gasteiger partial charge in [-0.2, -0.15) is 0 Å². The zero-order chi connectivity index (χ0) is 18.4. The minimum absolute atomic E-state index is 0.0514. The molecule has 1 heterocycles. The molecule has 0 spiro atoms. The van der Waals surface area contributed by atoms with E-state index in [9.17, 15) is 4.79 Å². The van der Waals surface area contributed by atoms with Crippen LogP contribution < -0.4 is 14.8 Å². The maximum Gasteiger partial charge on any atom is 0.234 e. The number of nitrogens with one attached hydrogen (secondary N) is 1. The van der Waals surface area contributed by atoms with Crippen molar-refractivity contribution in [3.05, 3.63) is 47.4 Å². The molecule has 0 radical (unpaired) electrons. The minimum atomic E-state index is -0.154. The fourth-order valence-corrected chi connectivity index (χ4v) is 2.68. The number of benzene rings is 1. The van der Waals surface area contributed by atoms with Crippen molar-refractivity contribution >= 4 is 5.91 Å². The number of hydrogen-bond acceptors (Lipinski definition) is 5. The molecule has 1 N–H and O–H groups in total. The van der Waals surface area contributed by atoms with Crippen molar-refractivity contribution in [2.45, 2.75) is 26.4 Å². The predicted molar refractivity (Wildman–Crippen MR) is 95.9 cm³/mol. The first-order valence-corrected chi connectivity index (χ1v) is 8.17. The number of amides is 1. The van der Waals surface area contributed by atoms with E-state index in [1.165, 1.54) is 0 Å². The van der Waals surface area contributed by atoms with E-state index < -0.39 is 0 Å². The topological polar surface area (TPSA) is 63.9 Å². The number of ether oxygens (including phenoxy) is 2. The van der Waals surface area contributed by atoms with E-state index in [2.05, 4.69) is 5.32 Å². The van der Waals surface area contributed by atoms with E-state index in [1.807, 2.05) is 50.1 Å². The lowest BCUT2D eigenvalue weighted by Gasteiger charge is -2.20. The molecule has 1 amide bonds. The molecule has 6 heteroatoms. The summed E-state index contributed by atoms with van der Waals surface area (Å²) < 4.78 is 16.0. The average molecular weight is 346 g/mol. The SMILES string of the molecule is COc1cc(C)c(CN(C)CC(=O)N[C@@H](C)c2ccco2)cc1OC. The first-order valence-electron chi connectivity index (χ1n) is 8.17. The van der Waals surface area contributed by atoms with Gasteiger partial charge in [0.2, 0.25) is 5.91 Å². The highest BCUT2D eigenvalue weighted by Crippen LogP contribution is 2.30. The van der Waals surface area contributed by atoms with Crippen LogP contribution in [-0.2, 0) is 11.3 Å². The quantitative estimate of drug-likeness (QED) is 0.796. The second-order valence-electron chi connectivity index (χ2n) is 6.11. The molecule has 2 aromatic rings. The first-order chi connectivity index (χ1) is 11.9. The molecule has 25 heavy (non-hydrogen) atoms. The number of carbonyl (C=O) groups is 1. The molecule has 136 valence electrons. The van der Waals surface area contributed by atoms with E-state index in [4.69, 9.17) is 13.9 Å². The lowest BCUT2D eigenvalue weighted by Crippen LogP contribution is -2.36. The van der Waals surface area contributed by atoms with Crippen LogP contribution in [0.1, 0.15) is 29.9 Å². The molecule has 0 saturated carbocycles. The van der Waals surface area contributed by atoms with Gasteiger partial charge in [-0.25, -0.2) is 0 Å². The normalized spacial score (nSPS) is 12.1. The number of nitrogens with zero attached hydrogens (tertiary/aromatic N) is 1. The third kappa shape index (κ3) is 5.00. The van der Waals surface area contributed by atoms with Gasteiger partial charge in [0.1, 0.15) is 5.76 Å². The Morgan fingerprint density at radius 2 is 1.96 bits per heavy atom. The van der Waals surface area contributed by atoms with Crippen LogP contribution in [0.3, 0.4) is 0 Å². The number of rotatable bonds is 8. The number of carbonyl (C=O) groups excluding carboxylic acids is 1. The molecular weight excluding hydrogens is 320 g/mol. The molecule has 2 rings (SSSR count). The summed E-state index contributed by atoms with van der Waals surface area (Å²) in [4.78, 5) is 14.2. The third-order valence-corrected chi connectivity index (χ3v) is 4.04. The van der Waals surface area contributed by atoms with Gasteiger partial charge in [-0.1, -0.05) is 0 Å². The lowest BCUT2D eigenvalue weighted by molar-refractivity contribution is -0.122. The largest absolute Gasteiger partial charge is 0.493 e. The summed E-state index contributed by atoms with van der Waals surface area (Å²) in [5.41, 5.74) is 2.18. The molecule has 1 aromatic heterocycles. The molecule has 1 atom stereocenters. The fraction of sp³-hybridized carbons (Fsp3) is 0.421. The Labute approximate surface area is 148 Å². The van der Waals surface area contributed by atoms with Gasteiger partial charge < -0.3 is 19.2 Å². The molecular formula is C19H26N2O4. The highest BCUT2D eigenvalue weighted by atomic mass is 16.5. The van der Waals surface area contributed by atoms with E-state index in [0.29, 0.717) is 24.6 Å². The molecule has 0 bridgehead atoms. The van der Waals surface area contributed by atoms with Gasteiger partial charge in [0.15, 0.2) is 11.5 Å². The van der Waals surface area contributed by atoms with Crippen LogP contribution in [0.15, 0.2) is 34.9 Å². The number of hydrogen-bond donors (Lipinski definition) is 1. The molecule has 0 aliphatic heterocycles. The summed E-state index contributed by atoms with van der Waals surface area (Å²) in [5, 5.41) is 2.94. The highest BCUT2D eigenvalue weighted by Gasteiger charge is 2.15. The van der Waals surface area contributed by atoms with Gasteiger partial charge in [-0.3, -0.25) is 9.69 Å². The molecule has 1 aromatic carbocycles. The van der Waals surface area contributed by atoms with Crippen LogP contribution in [0.5, 0.6) is 11.5 Å². The van der Waals surface area contributed by atoms with Gasteiger partial charge >= 0.3 is 0 Å². The second-order valence-corrected chi connectivity index (χ2v) is 6.11. The summed E-state index contributed by atoms with van der Waals surface area (Å²) in [6.07, 6.45) is 1.60. The van der Waals surface area contributed by atoms with Crippen molar-refractivity contribution in [2.24, 2.45) is 0 Å². The van der Waals surface area contributed by atoms with Crippen LogP contribution in [0.4, 0.5) is 0 Å². The summed E-state index contributed by atoms with van der Waals surface area (Å²) in [7, 11) is 5.14. The van der Waals surface area contributed by atoms with Crippen LogP contribution in [0.25, 0.3) is 0 Å². The van der Waals surface area contributed by atoms with E-state index in [-0.39, 0.29) is 11.9 Å². The Kier molecular flexibility index (Phi) is 6.47. The third-order valence-electron chi connectivity index (χ3n) is 4.04. The monoisotopic (exact) mass is 346 g/mol. The molecule has 0 aliphatic rings. The van der Waals surface area contributed by atoms with Crippen LogP contribution in [-0.4, -0.2) is 38.6 Å². The second kappa shape index (κ2) is 8.58. The minimum Gasteiger partial charge on any atom is -0.493 e. The van der Waals surface area contributed by atoms with Crippen LogP contribution in [0.2, 0.25) is 0 Å². The van der Waals surface area contributed by atoms with Crippen molar-refractivity contribution in [1.29, 1.82) is 0 Å². The van der Waals surface area contributed by atoms with Gasteiger partial charge in [-0.05, 0) is 56.3 Å². The predicted octanol–water partition coefficient (Wildman–Crippen LogP) is 2.91. The van der Waals surface area contributed by atoms with Gasteiger partial charge in [-0.15, -0.1) is 0 Å². The number of furan rings is 1. The Morgan fingerprint density at radius 1 is 1.28 bits per heavy atom. The number of aryl methyl sites for hydroxylation is 1. The smallest absolute Gasteiger partial charge is 0.234 e. The lowest BCUT2D eigenvalue weighted by atomic mass is 10.1. The van der Waals surface area contributed by atoms with Gasteiger partial charge in [0, 0.05) is 6.54 Å². The van der Waals surface area contributed by atoms with Crippen molar-refractivity contribution < 1.29 is 18.7 Å². The van der Waals surface area contributed by atoms with E-state index in [1.54, 1.807) is 20.5 Å². The average Bonchev–Trinajstić information content (AvgIpc) is 3.10. The Balaban J connectivity index is 1.95.